The van der Waals surface area contributed by atoms with Gasteiger partial charge in [0.15, 0.2) is 0 Å². The monoisotopic (exact) mass is 432 g/mol. The molecule has 0 aliphatic carbocycles. The average Bonchev–Trinajstić information content (AvgIpc) is 3.02. The van der Waals surface area contributed by atoms with Crippen molar-refractivity contribution in [1.82, 2.24) is 14.8 Å². The molecule has 0 aromatic carbocycles. The summed E-state index contributed by atoms with van der Waals surface area (Å²) in [6.45, 7) is -1.04. The van der Waals surface area contributed by atoms with Crippen LogP contribution in [-0.4, -0.2) is 64.9 Å². The first-order valence-corrected chi connectivity index (χ1v) is 9.56. The molecule has 2 aliphatic rings. The van der Waals surface area contributed by atoms with E-state index < -0.39 is 30.5 Å². The summed E-state index contributed by atoms with van der Waals surface area (Å²) in [7, 11) is 0. The van der Waals surface area contributed by atoms with Crippen molar-refractivity contribution in [3.8, 4) is 0 Å². The zero-order valence-electron chi connectivity index (χ0n) is 15.4. The van der Waals surface area contributed by atoms with Gasteiger partial charge < -0.3 is 15.1 Å². The molecule has 2 saturated heterocycles. The largest absolute Gasteiger partial charge is 0.406 e. The smallest absolute Gasteiger partial charge is 0.342 e. The third-order valence-electron chi connectivity index (χ3n) is 5.02. The van der Waals surface area contributed by atoms with Crippen molar-refractivity contribution in [3.63, 3.8) is 0 Å². The van der Waals surface area contributed by atoms with Crippen LogP contribution in [0.25, 0.3) is 0 Å². The third kappa shape index (κ3) is 5.59. The van der Waals surface area contributed by atoms with Crippen molar-refractivity contribution >= 4 is 35.1 Å². The fraction of sp³-hybridized carbons (Fsp3) is 0.556. The number of carbonyl (C=O) groups is 3. The van der Waals surface area contributed by atoms with E-state index in [9.17, 15) is 27.6 Å². The molecule has 2 aliphatic heterocycles. The Morgan fingerprint density at radius 1 is 1.24 bits per heavy atom. The van der Waals surface area contributed by atoms with Crippen LogP contribution in [0.5, 0.6) is 0 Å². The summed E-state index contributed by atoms with van der Waals surface area (Å²) < 4.78 is 37.7. The van der Waals surface area contributed by atoms with Gasteiger partial charge in [0.05, 0.1) is 16.9 Å². The molecule has 0 spiro atoms. The molecule has 0 bridgehead atoms. The van der Waals surface area contributed by atoms with Gasteiger partial charge in [-0.15, -0.1) is 0 Å². The van der Waals surface area contributed by atoms with E-state index in [0.717, 1.165) is 0 Å². The van der Waals surface area contributed by atoms with Gasteiger partial charge in [-0.25, -0.2) is 4.98 Å². The summed E-state index contributed by atoms with van der Waals surface area (Å²) in [5, 5.41) is 3.11. The van der Waals surface area contributed by atoms with Crippen LogP contribution in [0, 0.1) is 11.8 Å². The maximum atomic E-state index is 12.7. The van der Waals surface area contributed by atoms with Gasteiger partial charge in [-0.2, -0.15) is 13.2 Å². The molecule has 0 saturated carbocycles. The highest BCUT2D eigenvalue weighted by atomic mass is 35.5. The lowest BCUT2D eigenvalue weighted by molar-refractivity contribution is -0.157. The summed E-state index contributed by atoms with van der Waals surface area (Å²) in [6, 6.07) is 3.15. The molecule has 158 valence electrons. The fourth-order valence-corrected chi connectivity index (χ4v) is 3.75. The molecule has 3 rings (SSSR count). The number of hydrogen-bond donors (Lipinski definition) is 1. The summed E-state index contributed by atoms with van der Waals surface area (Å²) in [6.07, 6.45) is -2.18. The van der Waals surface area contributed by atoms with Crippen molar-refractivity contribution < 1.29 is 27.6 Å². The predicted octanol–water partition coefficient (Wildman–Crippen LogP) is 2.32. The quantitative estimate of drug-likeness (QED) is 0.791. The Morgan fingerprint density at radius 3 is 2.66 bits per heavy atom. The fourth-order valence-electron chi connectivity index (χ4n) is 3.63. The molecule has 3 amide bonds. The third-order valence-corrected chi connectivity index (χ3v) is 5.24. The first-order valence-electron chi connectivity index (χ1n) is 9.18. The first-order chi connectivity index (χ1) is 13.6. The van der Waals surface area contributed by atoms with Crippen LogP contribution in [0.3, 0.4) is 0 Å². The lowest BCUT2D eigenvalue weighted by atomic mass is 9.95. The Morgan fingerprint density at radius 2 is 2.00 bits per heavy atom. The van der Waals surface area contributed by atoms with Gasteiger partial charge in [-0.05, 0) is 25.0 Å². The van der Waals surface area contributed by atoms with E-state index in [1.807, 2.05) is 0 Å². The Hall–Kier alpha value is -2.36. The van der Waals surface area contributed by atoms with Crippen LogP contribution in [0.15, 0.2) is 18.3 Å². The van der Waals surface area contributed by atoms with Gasteiger partial charge in [-0.1, -0.05) is 11.6 Å². The highest BCUT2D eigenvalue weighted by molar-refractivity contribution is 6.30. The molecule has 2 fully saturated rings. The van der Waals surface area contributed by atoms with E-state index in [1.54, 1.807) is 12.1 Å². The van der Waals surface area contributed by atoms with Crippen LogP contribution in [0.1, 0.15) is 19.3 Å². The number of amides is 3. The Bertz CT molecular complexity index is 788. The van der Waals surface area contributed by atoms with Crippen molar-refractivity contribution in [1.29, 1.82) is 0 Å². The van der Waals surface area contributed by atoms with Crippen LogP contribution in [-0.2, 0) is 14.4 Å². The van der Waals surface area contributed by atoms with Crippen molar-refractivity contribution in [3.05, 3.63) is 23.4 Å². The van der Waals surface area contributed by atoms with Crippen LogP contribution in [0.4, 0.5) is 19.0 Å². The van der Waals surface area contributed by atoms with Crippen LogP contribution >= 0.6 is 11.6 Å². The lowest BCUT2D eigenvalue weighted by Gasteiger charge is -2.33. The maximum Gasteiger partial charge on any atom is 0.406 e. The SMILES string of the molecule is O=C(Nc1ccc(Cl)cn1)C1CCCN(C(=O)C2CC(=O)N(CC(F)(F)F)C2)C1. The minimum absolute atomic E-state index is 0.155. The van der Waals surface area contributed by atoms with E-state index in [2.05, 4.69) is 10.3 Å². The van der Waals surface area contributed by atoms with E-state index in [4.69, 9.17) is 11.6 Å². The second kappa shape index (κ2) is 8.56. The molecule has 1 aromatic heterocycles. The number of halogens is 4. The van der Waals surface area contributed by atoms with Gasteiger partial charge in [-0.3, -0.25) is 14.4 Å². The number of nitrogens with zero attached hydrogens (tertiary/aromatic N) is 3. The van der Waals surface area contributed by atoms with E-state index in [0.29, 0.717) is 35.1 Å². The molecule has 1 aromatic rings. The molecule has 2 atom stereocenters. The molecular weight excluding hydrogens is 413 g/mol. The Kier molecular flexibility index (Phi) is 6.30. The van der Waals surface area contributed by atoms with Gasteiger partial charge in [0.2, 0.25) is 17.7 Å². The molecular formula is C18H20ClF3N4O3. The van der Waals surface area contributed by atoms with Crippen molar-refractivity contribution in [2.24, 2.45) is 11.8 Å². The Labute approximate surface area is 170 Å². The number of hydrogen-bond acceptors (Lipinski definition) is 4. The van der Waals surface area contributed by atoms with Gasteiger partial charge in [0, 0.05) is 32.3 Å². The zero-order chi connectivity index (χ0) is 21.2. The van der Waals surface area contributed by atoms with Gasteiger partial charge in [0.25, 0.3) is 0 Å². The summed E-state index contributed by atoms with van der Waals surface area (Å²) in [5.41, 5.74) is 0. The van der Waals surface area contributed by atoms with Crippen LogP contribution < -0.4 is 5.32 Å². The number of likely N-dealkylation sites (tertiary alicyclic amines) is 2. The number of alkyl halides is 3. The molecule has 1 N–H and O–H groups in total. The van der Waals surface area contributed by atoms with Crippen LogP contribution in [0.2, 0.25) is 5.02 Å². The number of piperidine rings is 1. The highest BCUT2D eigenvalue weighted by Crippen LogP contribution is 2.27. The Balaban J connectivity index is 1.57. The molecule has 3 heterocycles. The highest BCUT2D eigenvalue weighted by Gasteiger charge is 2.42. The molecule has 29 heavy (non-hydrogen) atoms. The summed E-state index contributed by atoms with van der Waals surface area (Å²) >= 11 is 5.76. The molecule has 7 nitrogen and oxygen atoms in total. The number of nitrogens with one attached hydrogen (secondary N) is 1. The summed E-state index contributed by atoms with van der Waals surface area (Å²) in [4.78, 5) is 43.2. The molecule has 2 unspecified atom stereocenters. The second-order valence-electron chi connectivity index (χ2n) is 7.26. The average molecular weight is 433 g/mol. The maximum absolute atomic E-state index is 12.7. The van der Waals surface area contributed by atoms with Crippen molar-refractivity contribution in [2.75, 3.05) is 31.5 Å². The summed E-state index contributed by atoms with van der Waals surface area (Å²) in [5.74, 6) is -2.30. The minimum atomic E-state index is -4.50. The van der Waals surface area contributed by atoms with E-state index in [-0.39, 0.29) is 31.3 Å². The molecule has 0 radical (unpaired) electrons. The standard InChI is InChI=1S/C18H20ClF3N4O3/c19-13-3-4-14(23-7-13)24-16(28)11-2-1-5-25(8-11)17(29)12-6-15(27)26(9-12)10-18(20,21)22/h3-4,7,11-12H,1-2,5-6,8-10H2,(H,23,24,28). The predicted molar refractivity (Wildman–Crippen MR) is 97.9 cm³/mol. The van der Waals surface area contributed by atoms with Crippen molar-refractivity contribution in [2.45, 2.75) is 25.4 Å². The minimum Gasteiger partial charge on any atom is -0.342 e. The zero-order valence-corrected chi connectivity index (χ0v) is 16.2. The van der Waals surface area contributed by atoms with E-state index in [1.165, 1.54) is 11.1 Å². The number of rotatable bonds is 4. The van der Waals surface area contributed by atoms with Gasteiger partial charge >= 0.3 is 6.18 Å². The number of pyridine rings is 1. The van der Waals surface area contributed by atoms with E-state index >= 15 is 0 Å². The lowest BCUT2D eigenvalue weighted by Crippen LogP contribution is -2.46. The number of anilines is 1. The first kappa shape index (κ1) is 21.4. The molecule has 11 heteroatoms. The van der Waals surface area contributed by atoms with Gasteiger partial charge in [0.1, 0.15) is 12.4 Å². The second-order valence-corrected chi connectivity index (χ2v) is 7.70. The normalized spacial score (nSPS) is 22.7. The number of carbonyl (C=O) groups excluding carboxylic acids is 3. The number of aromatic nitrogens is 1. The topological polar surface area (TPSA) is 82.6 Å².